The summed E-state index contributed by atoms with van der Waals surface area (Å²) in [6.45, 7) is 2.61. The van der Waals surface area contributed by atoms with Gasteiger partial charge < -0.3 is 10.5 Å². The van der Waals surface area contributed by atoms with Gasteiger partial charge >= 0.3 is 5.97 Å². The summed E-state index contributed by atoms with van der Waals surface area (Å²) in [6, 6.07) is 9.05. The second-order valence-electron chi connectivity index (χ2n) is 3.87. The zero-order valence-electron chi connectivity index (χ0n) is 9.69. The summed E-state index contributed by atoms with van der Waals surface area (Å²) in [5, 5.41) is 0. The third-order valence-corrected chi connectivity index (χ3v) is 2.38. The molecule has 0 aliphatic heterocycles. The number of nitrogens with two attached hydrogens (primary N) is 1. The number of ether oxygens (including phenoxy) is 1. The van der Waals surface area contributed by atoms with Gasteiger partial charge in [0.1, 0.15) is 0 Å². The van der Waals surface area contributed by atoms with Crippen LogP contribution in [0.3, 0.4) is 0 Å². The second-order valence-corrected chi connectivity index (χ2v) is 3.87. The maximum Gasteiger partial charge on any atom is 0.338 e. The molecule has 1 aromatic rings. The van der Waals surface area contributed by atoms with Gasteiger partial charge in [-0.15, -0.1) is 0 Å². The van der Waals surface area contributed by atoms with Crippen molar-refractivity contribution >= 4 is 5.97 Å². The van der Waals surface area contributed by atoms with E-state index in [1.54, 1.807) is 12.1 Å². The average Bonchev–Trinajstić information content (AvgIpc) is 2.30. The van der Waals surface area contributed by atoms with Gasteiger partial charge in [0.15, 0.2) is 0 Å². The highest BCUT2D eigenvalue weighted by Crippen LogP contribution is 2.08. The normalized spacial score (nSPS) is 12.1. The van der Waals surface area contributed by atoms with Gasteiger partial charge in [-0.3, -0.25) is 0 Å². The summed E-state index contributed by atoms with van der Waals surface area (Å²) in [4.78, 5) is 11.6. The van der Waals surface area contributed by atoms with Crippen molar-refractivity contribution in [3.8, 4) is 0 Å². The zero-order chi connectivity index (χ0) is 11.8. The van der Waals surface area contributed by atoms with Gasteiger partial charge in [0.2, 0.25) is 0 Å². The number of hydrogen-bond donors (Lipinski definition) is 1. The van der Waals surface area contributed by atoms with Crippen molar-refractivity contribution in [1.29, 1.82) is 0 Å². The van der Waals surface area contributed by atoms with Crippen LogP contribution in [0.1, 0.15) is 36.5 Å². The Hall–Kier alpha value is -1.35. The molecule has 0 fully saturated rings. The van der Waals surface area contributed by atoms with Crippen LogP contribution in [0.4, 0.5) is 0 Å². The van der Waals surface area contributed by atoms with Gasteiger partial charge in [-0.1, -0.05) is 18.2 Å². The Kier molecular flexibility index (Phi) is 5.57. The van der Waals surface area contributed by atoms with Gasteiger partial charge in [0.05, 0.1) is 11.7 Å². The van der Waals surface area contributed by atoms with Crippen LogP contribution in [-0.4, -0.2) is 18.6 Å². The van der Waals surface area contributed by atoms with E-state index >= 15 is 0 Å². The van der Waals surface area contributed by atoms with Crippen molar-refractivity contribution in [2.45, 2.75) is 32.3 Å². The summed E-state index contributed by atoms with van der Waals surface area (Å²) < 4.78 is 5.30. The Morgan fingerprint density at radius 3 is 2.62 bits per heavy atom. The van der Waals surface area contributed by atoms with Crippen LogP contribution in [0.5, 0.6) is 0 Å². The van der Waals surface area contributed by atoms with E-state index in [4.69, 9.17) is 10.5 Å². The average molecular weight is 221 g/mol. The summed E-state index contributed by atoms with van der Waals surface area (Å²) in [6.07, 6.45) is 2.81. The first-order valence-electron chi connectivity index (χ1n) is 5.70. The van der Waals surface area contributed by atoms with E-state index in [1.807, 2.05) is 25.1 Å². The molecule has 1 unspecified atom stereocenters. The molecule has 0 aromatic heterocycles. The van der Waals surface area contributed by atoms with E-state index in [-0.39, 0.29) is 12.1 Å². The molecular formula is C13H19NO2. The quantitative estimate of drug-likeness (QED) is 0.592. The monoisotopic (exact) mass is 221 g/mol. The Morgan fingerprint density at radius 2 is 2.00 bits per heavy atom. The van der Waals surface area contributed by atoms with E-state index in [2.05, 4.69) is 0 Å². The maximum absolute atomic E-state index is 11.6. The van der Waals surface area contributed by atoms with Crippen LogP contribution in [-0.2, 0) is 4.74 Å². The lowest BCUT2D eigenvalue weighted by molar-refractivity contribution is 0.0320. The van der Waals surface area contributed by atoms with Crippen LogP contribution < -0.4 is 5.73 Å². The van der Waals surface area contributed by atoms with Crippen molar-refractivity contribution in [3.63, 3.8) is 0 Å². The molecule has 0 aliphatic carbocycles. The van der Waals surface area contributed by atoms with Crippen LogP contribution in [0.2, 0.25) is 0 Å². The predicted octanol–water partition coefficient (Wildman–Crippen LogP) is 2.36. The molecule has 0 aliphatic rings. The van der Waals surface area contributed by atoms with Crippen LogP contribution in [0.15, 0.2) is 30.3 Å². The van der Waals surface area contributed by atoms with Crippen molar-refractivity contribution in [2.75, 3.05) is 6.54 Å². The molecule has 1 atom stereocenters. The summed E-state index contributed by atoms with van der Waals surface area (Å²) in [7, 11) is 0. The van der Waals surface area contributed by atoms with E-state index in [0.29, 0.717) is 12.1 Å². The van der Waals surface area contributed by atoms with Crippen LogP contribution in [0, 0.1) is 0 Å². The fourth-order valence-corrected chi connectivity index (χ4v) is 1.46. The van der Waals surface area contributed by atoms with Crippen LogP contribution >= 0.6 is 0 Å². The van der Waals surface area contributed by atoms with Crippen molar-refractivity contribution in [3.05, 3.63) is 35.9 Å². The number of esters is 1. The number of rotatable bonds is 6. The highest BCUT2D eigenvalue weighted by Gasteiger charge is 2.10. The lowest BCUT2D eigenvalue weighted by Crippen LogP contribution is -2.15. The standard InChI is InChI=1S/C13H19NO2/c1-11(7-5-6-10-14)16-13(15)12-8-3-2-4-9-12/h2-4,8-9,11H,5-7,10,14H2,1H3. The minimum atomic E-state index is -0.249. The Bertz CT molecular complexity index is 311. The number of carbonyl (C=O) groups is 1. The summed E-state index contributed by atoms with van der Waals surface area (Å²) in [5.41, 5.74) is 6.00. The Labute approximate surface area is 96.6 Å². The number of unbranched alkanes of at least 4 members (excludes halogenated alkanes) is 1. The molecule has 0 saturated heterocycles. The molecule has 0 radical (unpaired) electrons. The molecule has 1 rings (SSSR count). The molecule has 0 saturated carbocycles. The fourth-order valence-electron chi connectivity index (χ4n) is 1.46. The molecule has 0 bridgehead atoms. The van der Waals surface area contributed by atoms with E-state index < -0.39 is 0 Å². The maximum atomic E-state index is 11.6. The van der Waals surface area contributed by atoms with E-state index in [9.17, 15) is 4.79 Å². The van der Waals surface area contributed by atoms with E-state index in [1.165, 1.54) is 0 Å². The smallest absolute Gasteiger partial charge is 0.338 e. The molecule has 16 heavy (non-hydrogen) atoms. The molecule has 0 spiro atoms. The predicted molar refractivity (Wildman–Crippen MR) is 64.2 cm³/mol. The third kappa shape index (κ3) is 4.45. The van der Waals surface area contributed by atoms with Crippen molar-refractivity contribution in [1.82, 2.24) is 0 Å². The highest BCUT2D eigenvalue weighted by atomic mass is 16.5. The SMILES string of the molecule is CC(CCCCN)OC(=O)c1ccccc1. The number of benzene rings is 1. The first-order valence-corrected chi connectivity index (χ1v) is 5.70. The summed E-state index contributed by atoms with van der Waals surface area (Å²) in [5.74, 6) is -0.249. The van der Waals surface area contributed by atoms with Gasteiger partial charge in [-0.2, -0.15) is 0 Å². The van der Waals surface area contributed by atoms with E-state index in [0.717, 1.165) is 19.3 Å². The molecule has 3 nitrogen and oxygen atoms in total. The zero-order valence-corrected chi connectivity index (χ0v) is 9.69. The molecule has 88 valence electrons. The minimum Gasteiger partial charge on any atom is -0.459 e. The lowest BCUT2D eigenvalue weighted by Gasteiger charge is -2.12. The van der Waals surface area contributed by atoms with Gasteiger partial charge in [0.25, 0.3) is 0 Å². The third-order valence-electron chi connectivity index (χ3n) is 2.38. The van der Waals surface area contributed by atoms with Crippen LogP contribution in [0.25, 0.3) is 0 Å². The van der Waals surface area contributed by atoms with Gasteiger partial charge in [-0.05, 0) is 44.9 Å². The van der Waals surface area contributed by atoms with Gasteiger partial charge in [0, 0.05) is 0 Å². The second kappa shape index (κ2) is 7.01. The highest BCUT2D eigenvalue weighted by molar-refractivity contribution is 5.89. The summed E-state index contributed by atoms with van der Waals surface area (Å²) >= 11 is 0. The first kappa shape index (κ1) is 12.7. The molecule has 2 N–H and O–H groups in total. The number of hydrogen-bond acceptors (Lipinski definition) is 3. The van der Waals surface area contributed by atoms with Crippen molar-refractivity contribution in [2.24, 2.45) is 5.73 Å². The molecule has 0 amide bonds. The lowest BCUT2D eigenvalue weighted by atomic mass is 10.1. The van der Waals surface area contributed by atoms with Crippen molar-refractivity contribution < 1.29 is 9.53 Å². The number of carbonyl (C=O) groups excluding carboxylic acids is 1. The molecule has 3 heteroatoms. The molecule has 0 heterocycles. The Morgan fingerprint density at radius 1 is 1.31 bits per heavy atom. The first-order chi connectivity index (χ1) is 7.74. The Balaban J connectivity index is 2.34. The molecular weight excluding hydrogens is 202 g/mol. The fraction of sp³-hybridized carbons (Fsp3) is 0.462. The largest absolute Gasteiger partial charge is 0.459 e. The minimum absolute atomic E-state index is 0.0424. The van der Waals surface area contributed by atoms with Gasteiger partial charge in [-0.25, -0.2) is 4.79 Å². The topological polar surface area (TPSA) is 52.3 Å². The molecule has 1 aromatic carbocycles.